The Balaban J connectivity index is 1.73. The number of nitro groups is 1. The van der Waals surface area contributed by atoms with Crippen LogP contribution in [0.15, 0.2) is 35.5 Å². The Labute approximate surface area is 158 Å². The van der Waals surface area contributed by atoms with Crippen LogP contribution >= 0.6 is 23.5 Å². The van der Waals surface area contributed by atoms with E-state index in [4.69, 9.17) is 10.5 Å². The molecule has 1 amide bonds. The number of benzene rings is 1. The Hall–Kier alpha value is -2.04. The van der Waals surface area contributed by atoms with Gasteiger partial charge in [0.25, 0.3) is 5.69 Å². The van der Waals surface area contributed by atoms with Gasteiger partial charge in [0.05, 0.1) is 4.92 Å². The largest absolute Gasteiger partial charge is 0.456 e. The maximum absolute atomic E-state index is 12.6. The topological polar surface area (TPSA) is 116 Å². The van der Waals surface area contributed by atoms with Crippen molar-refractivity contribution in [3.8, 4) is 0 Å². The standard InChI is InChI=1S/C16H17N3O5S2/c1-25-7-10-8-26-15-12(17)14(20)18(15)13(10)16(21)24-6-9-2-4-11(5-3-9)19(22)23/h2-5,12,15H,6-8,17H2,1H3/t12?,15-/m0/s1. The molecule has 2 aliphatic rings. The van der Waals surface area contributed by atoms with Crippen LogP contribution < -0.4 is 5.73 Å². The van der Waals surface area contributed by atoms with Gasteiger partial charge >= 0.3 is 5.97 Å². The van der Waals surface area contributed by atoms with Crippen LogP contribution in [0.4, 0.5) is 5.69 Å². The summed E-state index contributed by atoms with van der Waals surface area (Å²) < 4.78 is 5.36. The minimum Gasteiger partial charge on any atom is -0.456 e. The monoisotopic (exact) mass is 395 g/mol. The molecule has 1 saturated heterocycles. The zero-order chi connectivity index (χ0) is 18.8. The molecule has 0 radical (unpaired) electrons. The molecule has 2 N–H and O–H groups in total. The first-order chi connectivity index (χ1) is 12.4. The van der Waals surface area contributed by atoms with E-state index in [-0.39, 0.29) is 29.3 Å². The molecule has 1 fully saturated rings. The SMILES string of the molecule is CSCC1=C(C(=O)OCc2ccc([N+](=O)[O-])cc2)N2C(=O)C(N)[C@@H]2SC1. The molecule has 2 heterocycles. The van der Waals surface area contributed by atoms with Crippen LogP contribution in [0.2, 0.25) is 0 Å². The van der Waals surface area contributed by atoms with E-state index in [1.54, 1.807) is 23.5 Å². The first-order valence-electron chi connectivity index (χ1n) is 7.75. The molecular weight excluding hydrogens is 378 g/mol. The number of β-lactam (4-membered cyclic amide) rings is 1. The van der Waals surface area contributed by atoms with Gasteiger partial charge in [0.15, 0.2) is 0 Å². The van der Waals surface area contributed by atoms with E-state index in [2.05, 4.69) is 0 Å². The van der Waals surface area contributed by atoms with Crippen molar-refractivity contribution in [3.63, 3.8) is 0 Å². The van der Waals surface area contributed by atoms with Crippen molar-refractivity contribution in [2.45, 2.75) is 18.0 Å². The molecule has 8 nitrogen and oxygen atoms in total. The summed E-state index contributed by atoms with van der Waals surface area (Å²) in [6.07, 6.45) is 1.92. The summed E-state index contributed by atoms with van der Waals surface area (Å²) in [7, 11) is 0. The van der Waals surface area contributed by atoms with Gasteiger partial charge in [-0.05, 0) is 29.5 Å². The number of hydrogen-bond donors (Lipinski definition) is 1. The Morgan fingerprint density at radius 2 is 2.15 bits per heavy atom. The number of hydrogen-bond acceptors (Lipinski definition) is 8. The molecule has 10 heteroatoms. The van der Waals surface area contributed by atoms with E-state index < -0.39 is 16.9 Å². The minimum absolute atomic E-state index is 0.0290. The molecule has 3 rings (SSSR count). The molecule has 0 saturated carbocycles. The summed E-state index contributed by atoms with van der Waals surface area (Å²) in [5.41, 5.74) is 7.56. The highest BCUT2D eigenvalue weighted by Gasteiger charge is 2.51. The summed E-state index contributed by atoms with van der Waals surface area (Å²) in [4.78, 5) is 36.4. The van der Waals surface area contributed by atoms with Crippen LogP contribution in [0.25, 0.3) is 0 Å². The number of fused-ring (bicyclic) bond motifs is 1. The van der Waals surface area contributed by atoms with Gasteiger partial charge in [-0.25, -0.2) is 4.79 Å². The van der Waals surface area contributed by atoms with Gasteiger partial charge in [-0.2, -0.15) is 11.8 Å². The van der Waals surface area contributed by atoms with Crippen molar-refractivity contribution in [1.82, 2.24) is 4.90 Å². The second-order valence-electron chi connectivity index (χ2n) is 5.82. The van der Waals surface area contributed by atoms with E-state index >= 15 is 0 Å². The fourth-order valence-electron chi connectivity index (χ4n) is 2.78. The molecule has 1 aromatic carbocycles. The fourth-order valence-corrected chi connectivity index (χ4v) is 4.79. The summed E-state index contributed by atoms with van der Waals surface area (Å²) in [5.74, 6) is 0.409. The van der Waals surface area contributed by atoms with E-state index in [9.17, 15) is 19.7 Å². The molecule has 0 aromatic heterocycles. The van der Waals surface area contributed by atoms with Crippen molar-refractivity contribution in [1.29, 1.82) is 0 Å². The highest BCUT2D eigenvalue weighted by Crippen LogP contribution is 2.40. The van der Waals surface area contributed by atoms with Crippen molar-refractivity contribution >= 4 is 41.1 Å². The van der Waals surface area contributed by atoms with Crippen LogP contribution in [-0.4, -0.2) is 50.9 Å². The number of nitro benzene ring substituents is 1. The molecular formula is C16H17N3O5S2. The van der Waals surface area contributed by atoms with Crippen LogP contribution in [0.3, 0.4) is 0 Å². The lowest BCUT2D eigenvalue weighted by atomic mass is 10.0. The van der Waals surface area contributed by atoms with E-state index in [0.29, 0.717) is 17.1 Å². The first kappa shape index (κ1) is 18.7. The molecule has 1 unspecified atom stereocenters. The lowest BCUT2D eigenvalue weighted by Gasteiger charge is -2.48. The maximum atomic E-state index is 12.6. The summed E-state index contributed by atoms with van der Waals surface area (Å²) in [5, 5.41) is 10.4. The number of carbonyl (C=O) groups is 2. The Morgan fingerprint density at radius 3 is 2.77 bits per heavy atom. The van der Waals surface area contributed by atoms with Gasteiger partial charge < -0.3 is 10.5 Å². The smallest absolute Gasteiger partial charge is 0.355 e. The quantitative estimate of drug-likeness (QED) is 0.333. The Bertz CT molecular complexity index is 781. The number of thioether (sulfide) groups is 2. The highest BCUT2D eigenvalue weighted by atomic mass is 32.2. The number of carbonyl (C=O) groups excluding carboxylic acids is 2. The zero-order valence-corrected chi connectivity index (χ0v) is 15.5. The van der Waals surface area contributed by atoms with E-state index in [1.165, 1.54) is 29.2 Å². The van der Waals surface area contributed by atoms with Gasteiger partial charge in [0.2, 0.25) is 5.91 Å². The average molecular weight is 395 g/mol. The third-order valence-corrected chi connectivity index (χ3v) is 6.12. The molecule has 26 heavy (non-hydrogen) atoms. The number of esters is 1. The van der Waals surface area contributed by atoms with Crippen LogP contribution in [-0.2, 0) is 20.9 Å². The second kappa shape index (κ2) is 7.68. The van der Waals surface area contributed by atoms with Crippen LogP contribution in [0.1, 0.15) is 5.56 Å². The Morgan fingerprint density at radius 1 is 1.46 bits per heavy atom. The average Bonchev–Trinajstić information content (AvgIpc) is 2.65. The van der Waals surface area contributed by atoms with Crippen LogP contribution in [0.5, 0.6) is 0 Å². The van der Waals surface area contributed by atoms with E-state index in [1.807, 2.05) is 6.26 Å². The van der Waals surface area contributed by atoms with Crippen LogP contribution in [0, 0.1) is 10.1 Å². The lowest BCUT2D eigenvalue weighted by Crippen LogP contribution is -2.68. The zero-order valence-electron chi connectivity index (χ0n) is 13.9. The predicted molar refractivity (Wildman–Crippen MR) is 99.4 cm³/mol. The molecule has 138 valence electrons. The van der Waals surface area contributed by atoms with Gasteiger partial charge in [-0.3, -0.25) is 19.8 Å². The lowest BCUT2D eigenvalue weighted by molar-refractivity contribution is -0.384. The molecule has 2 atom stereocenters. The van der Waals surface area contributed by atoms with Gasteiger partial charge in [0, 0.05) is 23.6 Å². The summed E-state index contributed by atoms with van der Waals surface area (Å²) in [6, 6.07) is 5.19. The second-order valence-corrected chi connectivity index (χ2v) is 7.79. The number of amides is 1. The Kier molecular flexibility index (Phi) is 5.54. The number of rotatable bonds is 6. The van der Waals surface area contributed by atoms with E-state index in [0.717, 1.165) is 5.57 Å². The number of non-ortho nitro benzene ring substituents is 1. The van der Waals surface area contributed by atoms with Crippen molar-refractivity contribution in [2.24, 2.45) is 5.73 Å². The molecule has 0 spiro atoms. The molecule has 2 aliphatic heterocycles. The van der Waals surface area contributed by atoms with Crippen molar-refractivity contribution in [3.05, 3.63) is 51.2 Å². The van der Waals surface area contributed by atoms with Crippen molar-refractivity contribution < 1.29 is 19.2 Å². The summed E-state index contributed by atoms with van der Waals surface area (Å²) in [6.45, 7) is -0.0290. The third kappa shape index (κ3) is 3.44. The molecule has 1 aromatic rings. The van der Waals surface area contributed by atoms with Crippen molar-refractivity contribution in [2.75, 3.05) is 17.8 Å². The molecule has 0 aliphatic carbocycles. The van der Waals surface area contributed by atoms with Gasteiger partial charge in [-0.15, -0.1) is 11.8 Å². The minimum atomic E-state index is -0.590. The summed E-state index contributed by atoms with van der Waals surface area (Å²) >= 11 is 3.12. The normalized spacial score (nSPS) is 21.9. The first-order valence-corrected chi connectivity index (χ1v) is 10.2. The van der Waals surface area contributed by atoms with Gasteiger partial charge in [0.1, 0.15) is 23.7 Å². The number of nitrogens with zero attached hydrogens (tertiary/aromatic N) is 2. The van der Waals surface area contributed by atoms with Gasteiger partial charge in [-0.1, -0.05) is 0 Å². The predicted octanol–water partition coefficient (Wildman–Crippen LogP) is 1.50. The third-order valence-electron chi connectivity index (χ3n) is 4.12. The maximum Gasteiger partial charge on any atom is 0.355 e. The fraction of sp³-hybridized carbons (Fsp3) is 0.375. The number of ether oxygens (including phenoxy) is 1. The molecule has 0 bridgehead atoms. The highest BCUT2D eigenvalue weighted by molar-refractivity contribution is 8.00. The number of nitrogens with two attached hydrogens (primary N) is 1.